The van der Waals surface area contributed by atoms with E-state index >= 15 is 0 Å². The molecule has 0 heterocycles. The van der Waals surface area contributed by atoms with Gasteiger partial charge in [0.2, 0.25) is 5.91 Å². The molecule has 0 bridgehead atoms. The van der Waals surface area contributed by atoms with E-state index in [0.717, 1.165) is 17.5 Å². The first kappa shape index (κ1) is 21.5. The number of benzene rings is 2. The minimum Gasteiger partial charge on any atom is -0.332 e. The van der Waals surface area contributed by atoms with Crippen molar-refractivity contribution in [1.29, 1.82) is 0 Å². The minimum atomic E-state index is -0.212. The van der Waals surface area contributed by atoms with Gasteiger partial charge in [-0.15, -0.1) is 0 Å². The number of hydrogen-bond donors (Lipinski definition) is 3. The molecule has 0 fully saturated rings. The number of rotatable bonds is 6. The third kappa shape index (κ3) is 7.06. The van der Waals surface area contributed by atoms with Gasteiger partial charge in [-0.2, -0.15) is 0 Å². The smallest absolute Gasteiger partial charge is 0.315 e. The van der Waals surface area contributed by atoms with E-state index in [1.54, 1.807) is 0 Å². The summed E-state index contributed by atoms with van der Waals surface area (Å²) in [6, 6.07) is 17.0. The Kier molecular flexibility index (Phi) is 7.21. The zero-order chi connectivity index (χ0) is 20.7. The van der Waals surface area contributed by atoms with Crippen LogP contribution in [0.1, 0.15) is 64.3 Å². The summed E-state index contributed by atoms with van der Waals surface area (Å²) < 4.78 is 0. The third-order valence-electron chi connectivity index (χ3n) is 4.38. The van der Waals surface area contributed by atoms with Crippen LogP contribution in [0.5, 0.6) is 0 Å². The Morgan fingerprint density at radius 3 is 2.18 bits per heavy atom. The van der Waals surface area contributed by atoms with Gasteiger partial charge in [-0.05, 0) is 42.0 Å². The molecule has 150 valence electrons. The van der Waals surface area contributed by atoms with E-state index in [-0.39, 0.29) is 29.4 Å². The van der Waals surface area contributed by atoms with Gasteiger partial charge in [0.1, 0.15) is 0 Å². The highest BCUT2D eigenvalue weighted by atomic mass is 16.2. The molecule has 5 nitrogen and oxygen atoms in total. The van der Waals surface area contributed by atoms with Crippen LogP contribution in [-0.4, -0.2) is 11.9 Å². The van der Waals surface area contributed by atoms with Crippen molar-refractivity contribution in [2.24, 2.45) is 5.41 Å². The van der Waals surface area contributed by atoms with E-state index in [4.69, 9.17) is 0 Å². The molecule has 5 heteroatoms. The van der Waals surface area contributed by atoms with Crippen LogP contribution >= 0.6 is 0 Å². The maximum Gasteiger partial charge on any atom is 0.315 e. The van der Waals surface area contributed by atoms with Crippen LogP contribution in [0.25, 0.3) is 0 Å². The van der Waals surface area contributed by atoms with Crippen molar-refractivity contribution in [3.05, 3.63) is 65.7 Å². The van der Waals surface area contributed by atoms with Crippen molar-refractivity contribution in [3.63, 3.8) is 0 Å². The summed E-state index contributed by atoms with van der Waals surface area (Å²) in [6.45, 7) is 9.89. The Morgan fingerprint density at radius 1 is 0.929 bits per heavy atom. The van der Waals surface area contributed by atoms with Crippen molar-refractivity contribution in [3.8, 4) is 0 Å². The van der Waals surface area contributed by atoms with Gasteiger partial charge in [0.15, 0.2) is 0 Å². The number of urea groups is 1. The lowest BCUT2D eigenvalue weighted by molar-refractivity contribution is -0.114. The SMILES string of the molecule is CC(=O)Nc1cccc(C(C)NC(=O)NC(CC(C)(C)C)c2ccccc2)c1. The lowest BCUT2D eigenvalue weighted by Crippen LogP contribution is -2.40. The Balaban J connectivity index is 2.06. The largest absolute Gasteiger partial charge is 0.332 e. The predicted molar refractivity (Wildman–Crippen MR) is 114 cm³/mol. The van der Waals surface area contributed by atoms with Gasteiger partial charge in [-0.1, -0.05) is 63.2 Å². The average molecular weight is 382 g/mol. The summed E-state index contributed by atoms with van der Waals surface area (Å²) in [6.07, 6.45) is 0.830. The van der Waals surface area contributed by atoms with E-state index in [9.17, 15) is 9.59 Å². The number of anilines is 1. The molecule has 28 heavy (non-hydrogen) atoms. The van der Waals surface area contributed by atoms with Crippen LogP contribution in [0.4, 0.5) is 10.5 Å². The van der Waals surface area contributed by atoms with E-state index < -0.39 is 0 Å². The fraction of sp³-hybridized carbons (Fsp3) is 0.391. The van der Waals surface area contributed by atoms with Crippen LogP contribution in [0.3, 0.4) is 0 Å². The van der Waals surface area contributed by atoms with Crippen molar-refractivity contribution >= 4 is 17.6 Å². The van der Waals surface area contributed by atoms with Crippen LogP contribution in [0, 0.1) is 5.41 Å². The summed E-state index contributed by atoms with van der Waals surface area (Å²) in [7, 11) is 0. The maximum atomic E-state index is 12.7. The second-order valence-corrected chi connectivity index (χ2v) is 8.37. The normalized spacial score (nSPS) is 13.3. The average Bonchev–Trinajstić information content (AvgIpc) is 2.60. The molecule has 0 aliphatic rings. The Hall–Kier alpha value is -2.82. The number of carbonyl (C=O) groups excluding carboxylic acids is 2. The van der Waals surface area contributed by atoms with Crippen molar-refractivity contribution in [2.45, 2.75) is 53.1 Å². The molecule has 2 aromatic rings. The van der Waals surface area contributed by atoms with Gasteiger partial charge in [0, 0.05) is 12.6 Å². The van der Waals surface area contributed by atoms with Crippen LogP contribution in [0.15, 0.2) is 54.6 Å². The van der Waals surface area contributed by atoms with E-state index in [1.165, 1.54) is 6.92 Å². The zero-order valence-corrected chi connectivity index (χ0v) is 17.4. The van der Waals surface area contributed by atoms with Crippen molar-refractivity contribution in [2.75, 3.05) is 5.32 Å². The second kappa shape index (κ2) is 9.40. The highest BCUT2D eigenvalue weighted by molar-refractivity contribution is 5.88. The lowest BCUT2D eigenvalue weighted by atomic mass is 9.85. The van der Waals surface area contributed by atoms with Crippen molar-refractivity contribution < 1.29 is 9.59 Å². The second-order valence-electron chi connectivity index (χ2n) is 8.37. The Labute approximate surface area is 167 Å². The molecule has 0 spiro atoms. The quantitative estimate of drug-likeness (QED) is 0.645. The Morgan fingerprint density at radius 2 is 1.57 bits per heavy atom. The Bertz CT molecular complexity index is 797. The molecule has 0 aromatic heterocycles. The highest BCUT2D eigenvalue weighted by Gasteiger charge is 2.22. The molecule has 3 amide bonds. The molecule has 2 aromatic carbocycles. The minimum absolute atomic E-state index is 0.0703. The molecule has 0 saturated carbocycles. The summed E-state index contributed by atoms with van der Waals surface area (Å²) in [5.41, 5.74) is 2.81. The molecule has 0 radical (unpaired) electrons. The fourth-order valence-electron chi connectivity index (χ4n) is 3.12. The molecular formula is C23H31N3O2. The van der Waals surface area contributed by atoms with E-state index in [1.807, 2.05) is 61.5 Å². The standard InChI is InChI=1S/C23H31N3O2/c1-16(19-12-9-13-20(14-19)25-17(2)27)24-22(28)26-21(15-23(3,4)5)18-10-7-6-8-11-18/h6-14,16,21H,15H2,1-5H3,(H,25,27)(H2,24,26,28). The third-order valence-corrected chi connectivity index (χ3v) is 4.38. The topological polar surface area (TPSA) is 70.2 Å². The van der Waals surface area contributed by atoms with Gasteiger partial charge in [-0.3, -0.25) is 4.79 Å². The molecular weight excluding hydrogens is 350 g/mol. The number of hydrogen-bond acceptors (Lipinski definition) is 2. The van der Waals surface area contributed by atoms with E-state index in [0.29, 0.717) is 5.69 Å². The summed E-state index contributed by atoms with van der Waals surface area (Å²) in [4.78, 5) is 23.9. The van der Waals surface area contributed by atoms with Crippen LogP contribution in [0.2, 0.25) is 0 Å². The monoisotopic (exact) mass is 381 g/mol. The van der Waals surface area contributed by atoms with Gasteiger partial charge in [0.05, 0.1) is 12.1 Å². The fourth-order valence-corrected chi connectivity index (χ4v) is 3.12. The predicted octanol–water partition coefficient (Wildman–Crippen LogP) is 5.18. The molecule has 2 unspecified atom stereocenters. The summed E-state index contributed by atoms with van der Waals surface area (Å²) >= 11 is 0. The van der Waals surface area contributed by atoms with Gasteiger partial charge in [0.25, 0.3) is 0 Å². The molecule has 2 rings (SSSR count). The molecule has 0 aliphatic carbocycles. The lowest BCUT2D eigenvalue weighted by Gasteiger charge is -2.28. The van der Waals surface area contributed by atoms with Crippen molar-refractivity contribution in [1.82, 2.24) is 10.6 Å². The van der Waals surface area contributed by atoms with Gasteiger partial charge in [-0.25, -0.2) is 4.79 Å². The van der Waals surface area contributed by atoms with Crippen LogP contribution < -0.4 is 16.0 Å². The van der Waals surface area contributed by atoms with Gasteiger partial charge >= 0.3 is 6.03 Å². The van der Waals surface area contributed by atoms with Gasteiger partial charge < -0.3 is 16.0 Å². The molecule has 0 saturated heterocycles. The summed E-state index contributed by atoms with van der Waals surface area (Å²) in [5.74, 6) is -0.122. The number of amides is 3. The zero-order valence-electron chi connectivity index (χ0n) is 17.4. The number of nitrogens with one attached hydrogen (secondary N) is 3. The first-order valence-electron chi connectivity index (χ1n) is 9.63. The highest BCUT2D eigenvalue weighted by Crippen LogP contribution is 2.29. The molecule has 0 aliphatic heterocycles. The van der Waals surface area contributed by atoms with E-state index in [2.05, 4.69) is 36.7 Å². The maximum absolute atomic E-state index is 12.7. The molecule has 3 N–H and O–H groups in total. The first-order chi connectivity index (χ1) is 13.1. The number of carbonyl (C=O) groups is 2. The summed E-state index contributed by atoms with van der Waals surface area (Å²) in [5, 5.41) is 8.88. The first-order valence-corrected chi connectivity index (χ1v) is 9.63. The molecule has 2 atom stereocenters. The van der Waals surface area contributed by atoms with Crippen LogP contribution in [-0.2, 0) is 4.79 Å².